The van der Waals surface area contributed by atoms with Gasteiger partial charge in [-0.15, -0.1) is 0 Å². The monoisotopic (exact) mass is 421 g/mol. The molecule has 3 aromatic rings. The Labute approximate surface area is 179 Å². The van der Waals surface area contributed by atoms with E-state index in [1.54, 1.807) is 11.5 Å². The Balaban J connectivity index is 1.11. The first-order valence-corrected chi connectivity index (χ1v) is 11.3. The van der Waals surface area contributed by atoms with Gasteiger partial charge in [0.15, 0.2) is 11.5 Å². The third-order valence-corrected chi connectivity index (χ3v) is 7.23. The molecule has 2 aromatic carbocycles. The lowest BCUT2D eigenvalue weighted by Gasteiger charge is -2.35. The number of anilines is 1. The first kappa shape index (κ1) is 18.2. The number of amides is 1. The van der Waals surface area contributed by atoms with Gasteiger partial charge in [-0.25, -0.2) is 0 Å². The second-order valence-corrected chi connectivity index (χ2v) is 9.14. The summed E-state index contributed by atoms with van der Waals surface area (Å²) in [6, 6.07) is 12.3. The number of likely N-dealkylation sites (tertiary alicyclic amines) is 1. The van der Waals surface area contributed by atoms with Crippen LogP contribution in [0.3, 0.4) is 0 Å². The molecule has 1 aromatic heterocycles. The van der Waals surface area contributed by atoms with Crippen molar-refractivity contribution in [2.75, 3.05) is 31.6 Å². The molecule has 154 valence electrons. The SMILES string of the molecule is O=C1Cc2c(ccc3c2OC(CN2CCC(c4nsc5ccccc45)CC2)CO3)N1. The smallest absolute Gasteiger partial charge is 0.229 e. The summed E-state index contributed by atoms with van der Waals surface area (Å²) < 4.78 is 18.3. The van der Waals surface area contributed by atoms with E-state index in [0.29, 0.717) is 18.9 Å². The van der Waals surface area contributed by atoms with E-state index in [1.165, 1.54) is 15.8 Å². The number of rotatable bonds is 3. The highest BCUT2D eigenvalue weighted by Gasteiger charge is 2.32. The summed E-state index contributed by atoms with van der Waals surface area (Å²) >= 11 is 1.61. The summed E-state index contributed by atoms with van der Waals surface area (Å²) in [6.07, 6.45) is 2.58. The molecule has 3 aliphatic rings. The van der Waals surface area contributed by atoms with Gasteiger partial charge in [-0.3, -0.25) is 9.69 Å². The minimum absolute atomic E-state index is 0.0146. The molecule has 0 spiro atoms. The van der Waals surface area contributed by atoms with Crippen LogP contribution in [0, 0.1) is 0 Å². The third kappa shape index (κ3) is 3.13. The number of carbonyl (C=O) groups is 1. The Hall–Kier alpha value is -2.64. The van der Waals surface area contributed by atoms with Gasteiger partial charge in [-0.05, 0) is 55.7 Å². The zero-order valence-electron chi connectivity index (χ0n) is 16.6. The quantitative estimate of drug-likeness (QED) is 0.697. The fraction of sp³-hybridized carbons (Fsp3) is 0.391. The molecule has 1 amide bonds. The zero-order chi connectivity index (χ0) is 20.1. The van der Waals surface area contributed by atoms with E-state index in [2.05, 4.69) is 34.5 Å². The van der Waals surface area contributed by atoms with E-state index in [-0.39, 0.29) is 12.0 Å². The van der Waals surface area contributed by atoms with Crippen molar-refractivity contribution in [3.05, 3.63) is 47.7 Å². The summed E-state index contributed by atoms with van der Waals surface area (Å²) in [5.41, 5.74) is 3.05. The minimum Gasteiger partial charge on any atom is -0.486 e. The van der Waals surface area contributed by atoms with Crippen LogP contribution in [0.15, 0.2) is 36.4 Å². The number of benzene rings is 2. The maximum Gasteiger partial charge on any atom is 0.229 e. The van der Waals surface area contributed by atoms with Crippen molar-refractivity contribution in [3.8, 4) is 11.5 Å². The minimum atomic E-state index is -0.0173. The van der Waals surface area contributed by atoms with Crippen molar-refractivity contribution < 1.29 is 14.3 Å². The average Bonchev–Trinajstić information content (AvgIpc) is 3.37. The van der Waals surface area contributed by atoms with Crippen LogP contribution in [-0.2, 0) is 11.2 Å². The van der Waals surface area contributed by atoms with Crippen molar-refractivity contribution >= 4 is 33.2 Å². The second-order valence-electron chi connectivity index (χ2n) is 8.33. The van der Waals surface area contributed by atoms with Gasteiger partial charge in [-0.1, -0.05) is 18.2 Å². The highest BCUT2D eigenvalue weighted by molar-refractivity contribution is 7.13. The van der Waals surface area contributed by atoms with Crippen LogP contribution in [0.2, 0.25) is 0 Å². The molecule has 0 aliphatic carbocycles. The number of carbonyl (C=O) groups excluding carboxylic acids is 1. The van der Waals surface area contributed by atoms with E-state index >= 15 is 0 Å². The molecule has 6 rings (SSSR count). The summed E-state index contributed by atoms with van der Waals surface area (Å²) in [6.45, 7) is 3.46. The molecular weight excluding hydrogens is 398 g/mol. The molecule has 7 heteroatoms. The Bertz CT molecular complexity index is 1120. The van der Waals surface area contributed by atoms with Crippen LogP contribution in [0.1, 0.15) is 30.0 Å². The van der Waals surface area contributed by atoms with E-state index in [0.717, 1.165) is 55.2 Å². The summed E-state index contributed by atoms with van der Waals surface area (Å²) in [4.78, 5) is 14.2. The number of ether oxygens (including phenoxy) is 2. The third-order valence-electron chi connectivity index (χ3n) is 6.39. The molecule has 1 fully saturated rings. The van der Waals surface area contributed by atoms with Gasteiger partial charge in [-0.2, -0.15) is 4.37 Å². The number of hydrogen-bond donors (Lipinski definition) is 1. The van der Waals surface area contributed by atoms with Gasteiger partial charge in [0.25, 0.3) is 0 Å². The Morgan fingerprint density at radius 2 is 2.03 bits per heavy atom. The molecule has 1 N–H and O–H groups in total. The number of fused-ring (bicyclic) bond motifs is 4. The standard InChI is InChI=1S/C23H23N3O3S/c27-21-11-17-18(24-21)5-6-19-23(17)29-15(13-28-19)12-26-9-7-14(8-10-26)22-16-3-1-2-4-20(16)30-25-22/h1-6,14-15H,7-13H2,(H,24,27). The largest absolute Gasteiger partial charge is 0.486 e. The van der Waals surface area contributed by atoms with Crippen molar-refractivity contribution in [2.24, 2.45) is 0 Å². The summed E-state index contributed by atoms with van der Waals surface area (Å²) in [5, 5.41) is 4.20. The van der Waals surface area contributed by atoms with Gasteiger partial charge in [0.05, 0.1) is 16.8 Å². The lowest BCUT2D eigenvalue weighted by Crippen LogP contribution is -2.44. The second kappa shape index (κ2) is 7.25. The van der Waals surface area contributed by atoms with E-state index in [4.69, 9.17) is 13.8 Å². The van der Waals surface area contributed by atoms with E-state index < -0.39 is 0 Å². The highest BCUT2D eigenvalue weighted by Crippen LogP contribution is 2.42. The molecule has 6 nitrogen and oxygen atoms in total. The van der Waals surface area contributed by atoms with Gasteiger partial charge in [0, 0.05) is 29.1 Å². The molecule has 30 heavy (non-hydrogen) atoms. The molecular formula is C23H23N3O3S. The number of nitrogens with one attached hydrogen (secondary N) is 1. The lowest BCUT2D eigenvalue weighted by atomic mass is 9.91. The fourth-order valence-corrected chi connectivity index (χ4v) is 5.70. The number of nitrogens with zero attached hydrogens (tertiary/aromatic N) is 2. The van der Waals surface area contributed by atoms with Crippen molar-refractivity contribution in [1.29, 1.82) is 0 Å². The molecule has 1 saturated heterocycles. The molecule has 0 saturated carbocycles. The molecule has 1 unspecified atom stereocenters. The van der Waals surface area contributed by atoms with Gasteiger partial charge < -0.3 is 14.8 Å². The van der Waals surface area contributed by atoms with Crippen LogP contribution in [-0.4, -0.2) is 47.5 Å². The maximum absolute atomic E-state index is 11.8. The summed E-state index contributed by atoms with van der Waals surface area (Å²) in [7, 11) is 0. The fourth-order valence-electron chi connectivity index (χ4n) is 4.85. The maximum atomic E-state index is 11.8. The van der Waals surface area contributed by atoms with Gasteiger partial charge in [0.1, 0.15) is 12.7 Å². The van der Waals surface area contributed by atoms with Gasteiger partial charge >= 0.3 is 0 Å². The molecule has 3 aliphatic heterocycles. The predicted octanol–water partition coefficient (Wildman–Crippen LogP) is 3.81. The molecule has 1 atom stereocenters. The van der Waals surface area contributed by atoms with Crippen LogP contribution in [0.4, 0.5) is 5.69 Å². The van der Waals surface area contributed by atoms with E-state index in [9.17, 15) is 4.79 Å². The first-order valence-electron chi connectivity index (χ1n) is 10.6. The van der Waals surface area contributed by atoms with Gasteiger partial charge in [0.2, 0.25) is 5.91 Å². The first-order chi connectivity index (χ1) is 14.7. The summed E-state index contributed by atoms with van der Waals surface area (Å²) in [5.74, 6) is 2.03. The average molecular weight is 422 g/mol. The molecule has 4 heterocycles. The highest BCUT2D eigenvalue weighted by atomic mass is 32.1. The molecule has 0 bridgehead atoms. The predicted molar refractivity (Wildman–Crippen MR) is 117 cm³/mol. The topological polar surface area (TPSA) is 63.7 Å². The Morgan fingerprint density at radius 3 is 2.93 bits per heavy atom. The Kier molecular flexibility index (Phi) is 4.39. The van der Waals surface area contributed by atoms with Crippen LogP contribution in [0.5, 0.6) is 11.5 Å². The number of hydrogen-bond acceptors (Lipinski definition) is 6. The zero-order valence-corrected chi connectivity index (χ0v) is 17.4. The number of piperidine rings is 1. The molecule has 0 radical (unpaired) electrons. The van der Waals surface area contributed by atoms with E-state index in [1.807, 2.05) is 12.1 Å². The lowest BCUT2D eigenvalue weighted by molar-refractivity contribution is -0.115. The Morgan fingerprint density at radius 1 is 1.17 bits per heavy atom. The van der Waals surface area contributed by atoms with Crippen molar-refractivity contribution in [2.45, 2.75) is 31.3 Å². The van der Waals surface area contributed by atoms with Crippen molar-refractivity contribution in [3.63, 3.8) is 0 Å². The number of aromatic nitrogens is 1. The normalized spacial score (nSPS) is 21.6. The van der Waals surface area contributed by atoms with Crippen LogP contribution < -0.4 is 14.8 Å². The van der Waals surface area contributed by atoms with Crippen LogP contribution in [0.25, 0.3) is 10.1 Å². The van der Waals surface area contributed by atoms with Crippen LogP contribution >= 0.6 is 11.5 Å². The van der Waals surface area contributed by atoms with Crippen molar-refractivity contribution in [1.82, 2.24) is 9.27 Å².